The molecule has 0 saturated carbocycles. The van der Waals surface area contributed by atoms with Crippen LogP contribution in [0, 0.1) is 0 Å². The molecule has 12 heteroatoms. The van der Waals surface area contributed by atoms with Crippen LogP contribution in [0.2, 0.25) is 0 Å². The van der Waals surface area contributed by atoms with E-state index >= 15 is 0 Å². The van der Waals surface area contributed by atoms with Crippen molar-refractivity contribution in [3.05, 3.63) is 72.6 Å². The molecular formula is C21H23N5O5S2. The van der Waals surface area contributed by atoms with Crippen molar-refractivity contribution in [1.29, 1.82) is 0 Å². The van der Waals surface area contributed by atoms with E-state index in [9.17, 15) is 21.6 Å². The van der Waals surface area contributed by atoms with Gasteiger partial charge in [-0.05, 0) is 48.4 Å². The van der Waals surface area contributed by atoms with E-state index in [-0.39, 0.29) is 10.8 Å². The van der Waals surface area contributed by atoms with Crippen molar-refractivity contribution in [3.63, 3.8) is 0 Å². The van der Waals surface area contributed by atoms with E-state index in [1.54, 1.807) is 30.3 Å². The van der Waals surface area contributed by atoms with Crippen LogP contribution in [0.4, 0.5) is 17.3 Å². The van der Waals surface area contributed by atoms with Gasteiger partial charge in [0.1, 0.15) is 6.54 Å². The van der Waals surface area contributed by atoms with Crippen molar-refractivity contribution in [1.82, 2.24) is 9.97 Å². The number of aromatic nitrogens is 2. The zero-order chi connectivity index (χ0) is 24.1. The van der Waals surface area contributed by atoms with Crippen molar-refractivity contribution >= 4 is 43.3 Å². The van der Waals surface area contributed by atoms with Gasteiger partial charge in [0.2, 0.25) is 21.9 Å². The standard InChI is InChI=1S/C21H23N5O5S2/c1-3-16-7-4-5-8-19(16)26(32(2,28)29)15-20(27)24-17-9-11-18(12-10-17)33(30,31)25-21-22-13-6-14-23-21/h4-14H,3,15H2,1-2H3,(H,24,27)(H,22,23,25). The summed E-state index contributed by atoms with van der Waals surface area (Å²) in [6, 6.07) is 13.9. The third kappa shape index (κ3) is 6.26. The highest BCUT2D eigenvalue weighted by atomic mass is 32.2. The number of carbonyl (C=O) groups excluding carboxylic acids is 1. The number of carbonyl (C=O) groups is 1. The Balaban J connectivity index is 1.73. The Morgan fingerprint density at radius 2 is 1.58 bits per heavy atom. The molecule has 2 aromatic carbocycles. The van der Waals surface area contributed by atoms with Gasteiger partial charge in [-0.15, -0.1) is 0 Å². The molecule has 1 amide bonds. The Bertz CT molecular complexity index is 1330. The Kier molecular flexibility index (Phi) is 7.29. The number of nitrogens with zero attached hydrogens (tertiary/aromatic N) is 3. The molecule has 3 rings (SSSR count). The van der Waals surface area contributed by atoms with E-state index in [1.165, 1.54) is 36.7 Å². The largest absolute Gasteiger partial charge is 0.325 e. The van der Waals surface area contributed by atoms with Crippen LogP contribution in [0.25, 0.3) is 0 Å². The fourth-order valence-corrected chi connectivity index (χ4v) is 4.86. The summed E-state index contributed by atoms with van der Waals surface area (Å²) in [5, 5.41) is 2.60. The van der Waals surface area contributed by atoms with E-state index in [1.807, 2.05) is 6.92 Å². The summed E-state index contributed by atoms with van der Waals surface area (Å²) in [7, 11) is -7.64. The SMILES string of the molecule is CCc1ccccc1N(CC(=O)Nc1ccc(S(=O)(=O)Nc2ncccn2)cc1)S(C)(=O)=O. The molecule has 0 aliphatic carbocycles. The van der Waals surface area contributed by atoms with Crippen molar-refractivity contribution in [2.24, 2.45) is 0 Å². The number of hydrogen-bond acceptors (Lipinski definition) is 7. The maximum atomic E-state index is 12.6. The van der Waals surface area contributed by atoms with E-state index in [2.05, 4.69) is 20.0 Å². The Labute approximate surface area is 192 Å². The molecule has 1 aromatic heterocycles. The monoisotopic (exact) mass is 489 g/mol. The van der Waals surface area contributed by atoms with Crippen molar-refractivity contribution in [2.45, 2.75) is 18.2 Å². The Morgan fingerprint density at radius 3 is 2.18 bits per heavy atom. The third-order valence-electron chi connectivity index (χ3n) is 4.57. The maximum absolute atomic E-state index is 12.6. The average molecular weight is 490 g/mol. The predicted octanol–water partition coefficient (Wildman–Crippen LogP) is 2.24. The minimum Gasteiger partial charge on any atom is -0.325 e. The highest BCUT2D eigenvalue weighted by molar-refractivity contribution is 7.92. The smallest absolute Gasteiger partial charge is 0.264 e. The van der Waals surface area contributed by atoms with Crippen LogP contribution in [0.5, 0.6) is 0 Å². The zero-order valence-corrected chi connectivity index (χ0v) is 19.6. The lowest BCUT2D eigenvalue weighted by atomic mass is 10.1. The summed E-state index contributed by atoms with van der Waals surface area (Å²) in [5.74, 6) is -0.638. The topological polar surface area (TPSA) is 138 Å². The average Bonchev–Trinajstić information content (AvgIpc) is 2.77. The van der Waals surface area contributed by atoms with E-state index in [4.69, 9.17) is 0 Å². The summed E-state index contributed by atoms with van der Waals surface area (Å²) >= 11 is 0. The van der Waals surface area contributed by atoms with Gasteiger partial charge in [0, 0.05) is 18.1 Å². The number of para-hydroxylation sites is 1. The minimum atomic E-state index is -3.92. The molecule has 0 fully saturated rings. The predicted molar refractivity (Wildman–Crippen MR) is 126 cm³/mol. The lowest BCUT2D eigenvalue weighted by Gasteiger charge is -2.24. The van der Waals surface area contributed by atoms with Gasteiger partial charge in [-0.1, -0.05) is 25.1 Å². The molecule has 0 spiro atoms. The fraction of sp³-hybridized carbons (Fsp3) is 0.190. The lowest BCUT2D eigenvalue weighted by molar-refractivity contribution is -0.114. The summed E-state index contributed by atoms with van der Waals surface area (Å²) in [6.45, 7) is 1.47. The Hall–Kier alpha value is -3.51. The number of benzene rings is 2. The van der Waals surface area contributed by atoms with Crippen LogP contribution in [-0.4, -0.2) is 45.5 Å². The molecule has 0 radical (unpaired) electrons. The van der Waals surface area contributed by atoms with Crippen LogP contribution in [0.15, 0.2) is 71.9 Å². The van der Waals surface area contributed by atoms with Crippen LogP contribution in [-0.2, 0) is 31.3 Å². The van der Waals surface area contributed by atoms with E-state index in [0.717, 1.165) is 16.1 Å². The first kappa shape index (κ1) is 24.1. The van der Waals surface area contributed by atoms with Crippen molar-refractivity contribution < 1.29 is 21.6 Å². The zero-order valence-electron chi connectivity index (χ0n) is 18.0. The van der Waals surface area contributed by atoms with Gasteiger partial charge < -0.3 is 5.32 Å². The molecule has 1 heterocycles. The summed E-state index contributed by atoms with van der Waals surface area (Å²) in [4.78, 5) is 20.2. The number of hydrogen-bond donors (Lipinski definition) is 2. The summed E-state index contributed by atoms with van der Waals surface area (Å²) in [5.41, 5.74) is 1.54. The molecule has 0 saturated heterocycles. The molecule has 174 valence electrons. The molecule has 0 aliphatic rings. The van der Waals surface area contributed by atoms with Gasteiger partial charge >= 0.3 is 0 Å². The van der Waals surface area contributed by atoms with Gasteiger partial charge in [0.25, 0.3) is 10.0 Å². The van der Waals surface area contributed by atoms with Crippen LogP contribution >= 0.6 is 0 Å². The molecule has 2 N–H and O–H groups in total. The first-order chi connectivity index (χ1) is 15.6. The molecule has 33 heavy (non-hydrogen) atoms. The highest BCUT2D eigenvalue weighted by Crippen LogP contribution is 2.23. The second-order valence-electron chi connectivity index (χ2n) is 7.00. The van der Waals surface area contributed by atoms with Gasteiger partial charge in [-0.25, -0.2) is 31.5 Å². The second-order valence-corrected chi connectivity index (χ2v) is 10.6. The molecule has 10 nitrogen and oxygen atoms in total. The number of anilines is 3. The molecular weight excluding hydrogens is 466 g/mol. The van der Waals surface area contributed by atoms with Crippen LogP contribution < -0.4 is 14.3 Å². The van der Waals surface area contributed by atoms with Crippen molar-refractivity contribution in [3.8, 4) is 0 Å². The number of rotatable bonds is 9. The minimum absolute atomic E-state index is 0.0532. The van der Waals surface area contributed by atoms with E-state index < -0.39 is 32.5 Å². The van der Waals surface area contributed by atoms with Gasteiger partial charge in [-0.2, -0.15) is 0 Å². The van der Waals surface area contributed by atoms with Gasteiger partial charge in [0.05, 0.1) is 16.8 Å². The molecule has 3 aromatic rings. The van der Waals surface area contributed by atoms with Crippen LogP contribution in [0.1, 0.15) is 12.5 Å². The number of nitrogens with one attached hydrogen (secondary N) is 2. The number of amides is 1. The first-order valence-electron chi connectivity index (χ1n) is 9.85. The van der Waals surface area contributed by atoms with Gasteiger partial charge in [0.15, 0.2) is 0 Å². The lowest BCUT2D eigenvalue weighted by Crippen LogP contribution is -2.38. The normalized spacial score (nSPS) is 11.6. The first-order valence-corrected chi connectivity index (χ1v) is 13.2. The second kappa shape index (κ2) is 9.96. The van der Waals surface area contributed by atoms with Crippen molar-refractivity contribution in [2.75, 3.05) is 27.1 Å². The van der Waals surface area contributed by atoms with Crippen LogP contribution in [0.3, 0.4) is 0 Å². The quantitative estimate of drug-likeness (QED) is 0.470. The molecule has 0 unspecified atom stereocenters. The Morgan fingerprint density at radius 1 is 0.939 bits per heavy atom. The molecule has 0 bridgehead atoms. The molecule has 0 atom stereocenters. The molecule has 0 aliphatic heterocycles. The fourth-order valence-electron chi connectivity index (χ4n) is 3.01. The number of sulfonamides is 2. The van der Waals surface area contributed by atoms with Gasteiger partial charge in [-0.3, -0.25) is 9.10 Å². The third-order valence-corrected chi connectivity index (χ3v) is 7.04. The number of aryl methyl sites for hydroxylation is 1. The maximum Gasteiger partial charge on any atom is 0.264 e. The summed E-state index contributed by atoms with van der Waals surface area (Å²) in [6.07, 6.45) is 4.45. The summed E-state index contributed by atoms with van der Waals surface area (Å²) < 4.78 is 52.9. The van der Waals surface area contributed by atoms with E-state index in [0.29, 0.717) is 17.8 Å². The highest BCUT2D eigenvalue weighted by Gasteiger charge is 2.23.